The summed E-state index contributed by atoms with van der Waals surface area (Å²) in [5.41, 5.74) is -0.0138. The number of alkyl carbamates (subject to hydrolysis) is 1. The molecule has 0 fully saturated rings. The Morgan fingerprint density at radius 1 is 1.45 bits per heavy atom. The number of pyridine rings is 1. The first-order valence-corrected chi connectivity index (χ1v) is 6.81. The van der Waals surface area contributed by atoms with Gasteiger partial charge in [-0.05, 0) is 26.8 Å². The van der Waals surface area contributed by atoms with Crippen LogP contribution in [0.3, 0.4) is 0 Å². The van der Waals surface area contributed by atoms with Crippen molar-refractivity contribution in [1.82, 2.24) is 10.3 Å². The Morgan fingerprint density at radius 3 is 2.75 bits per heavy atom. The average Bonchev–Trinajstić information content (AvgIpc) is 2.29. The molecule has 20 heavy (non-hydrogen) atoms. The van der Waals surface area contributed by atoms with E-state index in [9.17, 15) is 4.79 Å². The molecule has 0 bridgehead atoms. The van der Waals surface area contributed by atoms with Crippen LogP contribution in [0.4, 0.5) is 4.79 Å². The quantitative estimate of drug-likeness (QED) is 0.515. The van der Waals surface area contributed by atoms with Crippen LogP contribution in [0.25, 0.3) is 0 Å². The van der Waals surface area contributed by atoms with Crippen LogP contribution in [0.15, 0.2) is 12.3 Å². The minimum absolute atomic E-state index is 0.269. The molecule has 1 heterocycles. The summed E-state index contributed by atoms with van der Waals surface area (Å²) >= 11 is 11.8. The molecule has 1 N–H and O–H groups in total. The van der Waals surface area contributed by atoms with Gasteiger partial charge in [0.05, 0.1) is 10.6 Å². The highest BCUT2D eigenvalue weighted by Crippen LogP contribution is 2.20. The van der Waals surface area contributed by atoms with Gasteiger partial charge in [-0.1, -0.05) is 35.0 Å². The maximum absolute atomic E-state index is 11.4. The van der Waals surface area contributed by atoms with Gasteiger partial charge in [0.25, 0.3) is 0 Å². The molecule has 0 saturated carbocycles. The number of hydrogen-bond donors (Lipinski definition) is 1. The third-order valence-electron chi connectivity index (χ3n) is 1.99. The van der Waals surface area contributed by atoms with Crippen LogP contribution in [0.2, 0.25) is 10.2 Å². The predicted octanol–water partition coefficient (Wildman–Crippen LogP) is 3.65. The molecule has 108 valence electrons. The van der Waals surface area contributed by atoms with E-state index < -0.39 is 11.7 Å². The van der Waals surface area contributed by atoms with Crippen LogP contribution in [0.5, 0.6) is 0 Å². The van der Waals surface area contributed by atoms with Crippen molar-refractivity contribution in [2.75, 3.05) is 6.54 Å². The largest absolute Gasteiger partial charge is 0.444 e. The smallest absolute Gasteiger partial charge is 0.407 e. The first-order chi connectivity index (χ1) is 9.29. The number of nitrogens with one attached hydrogen (secondary N) is 1. The SMILES string of the molecule is CC(C)(C)OC(=O)NCCC#Cc1c(Cl)ccnc1Cl. The minimum Gasteiger partial charge on any atom is -0.444 e. The Labute approximate surface area is 128 Å². The van der Waals surface area contributed by atoms with Crippen molar-refractivity contribution in [2.45, 2.75) is 32.8 Å². The molecule has 0 spiro atoms. The number of amides is 1. The van der Waals surface area contributed by atoms with Crippen molar-refractivity contribution in [3.05, 3.63) is 28.0 Å². The highest BCUT2D eigenvalue weighted by atomic mass is 35.5. The van der Waals surface area contributed by atoms with E-state index in [1.807, 2.05) is 0 Å². The summed E-state index contributed by atoms with van der Waals surface area (Å²) in [5, 5.41) is 3.33. The molecule has 0 aliphatic rings. The topological polar surface area (TPSA) is 51.2 Å². The molecule has 0 atom stereocenters. The molecule has 1 amide bonds. The highest BCUT2D eigenvalue weighted by molar-refractivity contribution is 6.35. The fraction of sp³-hybridized carbons (Fsp3) is 0.429. The lowest BCUT2D eigenvalue weighted by molar-refractivity contribution is 0.0529. The lowest BCUT2D eigenvalue weighted by atomic mass is 10.2. The molecule has 0 aromatic carbocycles. The fourth-order valence-corrected chi connectivity index (χ4v) is 1.66. The summed E-state index contributed by atoms with van der Waals surface area (Å²) in [5.74, 6) is 5.71. The lowest BCUT2D eigenvalue weighted by Gasteiger charge is -2.19. The van der Waals surface area contributed by atoms with Gasteiger partial charge in [0.15, 0.2) is 0 Å². The average molecular weight is 315 g/mol. The number of hydrogen-bond acceptors (Lipinski definition) is 3. The van der Waals surface area contributed by atoms with E-state index in [2.05, 4.69) is 22.1 Å². The fourth-order valence-electron chi connectivity index (χ4n) is 1.22. The molecule has 1 aromatic rings. The summed E-state index contributed by atoms with van der Waals surface area (Å²) in [6.07, 6.45) is 1.51. The summed E-state index contributed by atoms with van der Waals surface area (Å²) in [7, 11) is 0. The molecule has 0 unspecified atom stereocenters. The number of ether oxygens (including phenoxy) is 1. The van der Waals surface area contributed by atoms with Crippen LogP contribution in [0, 0.1) is 11.8 Å². The number of rotatable bonds is 2. The third kappa shape index (κ3) is 6.14. The molecule has 0 aliphatic carbocycles. The minimum atomic E-state index is -0.507. The molecule has 0 aliphatic heterocycles. The van der Waals surface area contributed by atoms with E-state index in [1.165, 1.54) is 6.20 Å². The number of nitrogens with zero attached hydrogens (tertiary/aromatic N) is 1. The van der Waals surface area contributed by atoms with E-state index >= 15 is 0 Å². The molecule has 1 aromatic heterocycles. The number of carbonyl (C=O) groups is 1. The van der Waals surface area contributed by atoms with Crippen LogP contribution in [-0.2, 0) is 4.74 Å². The molecule has 0 radical (unpaired) electrons. The van der Waals surface area contributed by atoms with Gasteiger partial charge < -0.3 is 10.1 Å². The molecular weight excluding hydrogens is 299 g/mol. The summed E-state index contributed by atoms with van der Waals surface area (Å²) in [6, 6.07) is 1.62. The van der Waals surface area contributed by atoms with E-state index in [0.29, 0.717) is 23.6 Å². The van der Waals surface area contributed by atoms with Crippen molar-refractivity contribution in [1.29, 1.82) is 0 Å². The van der Waals surface area contributed by atoms with Gasteiger partial charge in [-0.2, -0.15) is 0 Å². The van der Waals surface area contributed by atoms with Crippen LogP contribution < -0.4 is 5.32 Å². The second-order valence-corrected chi connectivity index (χ2v) is 5.70. The standard InChI is InChI=1S/C14H16Cl2N2O2/c1-14(2,3)20-13(19)18-8-5-4-6-10-11(15)7-9-17-12(10)16/h7,9H,5,8H2,1-3H3,(H,18,19). The molecule has 4 nitrogen and oxygen atoms in total. The normalized spacial score (nSPS) is 10.4. The van der Waals surface area contributed by atoms with Crippen molar-refractivity contribution in [3.63, 3.8) is 0 Å². The zero-order chi connectivity index (χ0) is 15.2. The van der Waals surface area contributed by atoms with Crippen LogP contribution >= 0.6 is 23.2 Å². The lowest BCUT2D eigenvalue weighted by Crippen LogP contribution is -2.32. The van der Waals surface area contributed by atoms with Gasteiger partial charge in [0, 0.05) is 19.2 Å². The van der Waals surface area contributed by atoms with Crippen molar-refractivity contribution in [3.8, 4) is 11.8 Å². The van der Waals surface area contributed by atoms with Crippen molar-refractivity contribution < 1.29 is 9.53 Å². The van der Waals surface area contributed by atoms with Gasteiger partial charge in [0.2, 0.25) is 0 Å². The summed E-state index contributed by atoms with van der Waals surface area (Å²) < 4.78 is 5.09. The van der Waals surface area contributed by atoms with Gasteiger partial charge in [-0.15, -0.1) is 0 Å². The Kier molecular flexibility index (Phi) is 6.12. The van der Waals surface area contributed by atoms with E-state index in [4.69, 9.17) is 27.9 Å². The Morgan fingerprint density at radius 2 is 2.15 bits per heavy atom. The second-order valence-electron chi connectivity index (χ2n) is 4.94. The molecular formula is C14H16Cl2N2O2. The Balaban J connectivity index is 2.43. The van der Waals surface area contributed by atoms with Gasteiger partial charge in [-0.3, -0.25) is 0 Å². The van der Waals surface area contributed by atoms with E-state index in [0.717, 1.165) is 0 Å². The van der Waals surface area contributed by atoms with Crippen molar-refractivity contribution in [2.24, 2.45) is 0 Å². The number of aromatic nitrogens is 1. The van der Waals surface area contributed by atoms with Gasteiger partial charge in [-0.25, -0.2) is 9.78 Å². The Hall–Kier alpha value is -1.44. The highest BCUT2D eigenvalue weighted by Gasteiger charge is 2.15. The van der Waals surface area contributed by atoms with E-state index in [1.54, 1.807) is 26.8 Å². The zero-order valence-electron chi connectivity index (χ0n) is 11.6. The Bertz CT molecular complexity index is 522. The summed E-state index contributed by atoms with van der Waals surface area (Å²) in [4.78, 5) is 15.3. The van der Waals surface area contributed by atoms with Gasteiger partial charge >= 0.3 is 6.09 Å². The molecule has 6 heteroatoms. The number of carbonyl (C=O) groups excluding carboxylic acids is 1. The maximum Gasteiger partial charge on any atom is 0.407 e. The monoisotopic (exact) mass is 314 g/mol. The molecule has 0 saturated heterocycles. The molecule has 1 rings (SSSR count). The zero-order valence-corrected chi connectivity index (χ0v) is 13.1. The second kappa shape index (κ2) is 7.37. The van der Waals surface area contributed by atoms with Crippen LogP contribution in [0.1, 0.15) is 32.8 Å². The van der Waals surface area contributed by atoms with Gasteiger partial charge in [0.1, 0.15) is 10.8 Å². The predicted molar refractivity (Wildman–Crippen MR) is 80.0 cm³/mol. The third-order valence-corrected chi connectivity index (χ3v) is 2.59. The summed E-state index contributed by atoms with van der Waals surface area (Å²) in [6.45, 7) is 5.80. The first kappa shape index (κ1) is 16.6. The van der Waals surface area contributed by atoms with Crippen LogP contribution in [-0.4, -0.2) is 23.2 Å². The van der Waals surface area contributed by atoms with Crippen molar-refractivity contribution >= 4 is 29.3 Å². The first-order valence-electron chi connectivity index (χ1n) is 6.05. The maximum atomic E-state index is 11.4. The number of halogens is 2. The van der Waals surface area contributed by atoms with E-state index in [-0.39, 0.29) is 5.15 Å².